The van der Waals surface area contributed by atoms with Gasteiger partial charge in [-0.25, -0.2) is 0 Å². The predicted octanol–water partition coefficient (Wildman–Crippen LogP) is 1.40. The predicted molar refractivity (Wildman–Crippen MR) is 80.0 cm³/mol. The van der Waals surface area contributed by atoms with Gasteiger partial charge in [0.2, 0.25) is 5.91 Å². The molecule has 0 spiro atoms. The number of hydrogen-bond donors (Lipinski definition) is 1. The Morgan fingerprint density at radius 1 is 1.29 bits per heavy atom. The zero-order valence-corrected chi connectivity index (χ0v) is 12.5. The van der Waals surface area contributed by atoms with Crippen molar-refractivity contribution in [3.8, 4) is 0 Å². The van der Waals surface area contributed by atoms with Crippen molar-refractivity contribution in [2.75, 3.05) is 19.7 Å². The van der Waals surface area contributed by atoms with Crippen LogP contribution < -0.4 is 0 Å². The molecule has 0 saturated carbocycles. The first-order valence-corrected chi connectivity index (χ1v) is 7.81. The molecular weight excluding hydrogens is 266 g/mol. The van der Waals surface area contributed by atoms with E-state index in [1.54, 1.807) is 4.90 Å². The molecule has 1 aromatic rings. The van der Waals surface area contributed by atoms with Crippen LogP contribution in [0.5, 0.6) is 0 Å². The minimum absolute atomic E-state index is 0.147. The monoisotopic (exact) mass is 289 g/mol. The summed E-state index contributed by atoms with van der Waals surface area (Å²) in [6.45, 7) is 3.41. The van der Waals surface area contributed by atoms with Crippen LogP contribution >= 0.6 is 0 Å². The van der Waals surface area contributed by atoms with Gasteiger partial charge in [0.05, 0.1) is 6.10 Å². The number of ether oxygens (including phenoxy) is 1. The minimum Gasteiger partial charge on any atom is -0.388 e. The van der Waals surface area contributed by atoms with E-state index in [9.17, 15) is 9.90 Å². The van der Waals surface area contributed by atoms with E-state index in [1.165, 1.54) is 11.1 Å². The summed E-state index contributed by atoms with van der Waals surface area (Å²) < 4.78 is 5.47. The van der Waals surface area contributed by atoms with Gasteiger partial charge < -0.3 is 14.7 Å². The molecule has 1 amide bonds. The van der Waals surface area contributed by atoms with E-state index in [0.29, 0.717) is 32.0 Å². The van der Waals surface area contributed by atoms with Crippen molar-refractivity contribution in [1.29, 1.82) is 0 Å². The van der Waals surface area contributed by atoms with Gasteiger partial charge >= 0.3 is 0 Å². The fourth-order valence-electron chi connectivity index (χ4n) is 3.51. The third-order valence-electron chi connectivity index (χ3n) is 4.57. The summed E-state index contributed by atoms with van der Waals surface area (Å²) in [6, 6.07) is 8.44. The maximum Gasteiger partial charge on any atom is 0.223 e. The lowest BCUT2D eigenvalue weighted by molar-refractivity contribution is -0.131. The van der Waals surface area contributed by atoms with Crippen LogP contribution in [0.2, 0.25) is 0 Å². The van der Waals surface area contributed by atoms with Crippen LogP contribution in [0.4, 0.5) is 0 Å². The summed E-state index contributed by atoms with van der Waals surface area (Å²) in [4.78, 5) is 14.2. The molecule has 4 nitrogen and oxygen atoms in total. The lowest BCUT2D eigenvalue weighted by Crippen LogP contribution is -2.31. The molecule has 3 rings (SSSR count). The van der Waals surface area contributed by atoms with Crippen LogP contribution in [0.15, 0.2) is 24.3 Å². The molecule has 0 bridgehead atoms. The fourth-order valence-corrected chi connectivity index (χ4v) is 3.51. The molecule has 1 aliphatic carbocycles. The van der Waals surface area contributed by atoms with Gasteiger partial charge in [0, 0.05) is 26.1 Å². The number of benzene rings is 1. The number of carbonyl (C=O) groups excluding carboxylic acids is 1. The first-order chi connectivity index (χ1) is 10.2. The van der Waals surface area contributed by atoms with Crippen LogP contribution in [0.25, 0.3) is 0 Å². The van der Waals surface area contributed by atoms with Gasteiger partial charge in [0.25, 0.3) is 0 Å². The maximum absolute atomic E-state index is 12.4. The van der Waals surface area contributed by atoms with E-state index < -0.39 is 6.10 Å². The van der Waals surface area contributed by atoms with Gasteiger partial charge in [-0.05, 0) is 36.8 Å². The Hall–Kier alpha value is -1.39. The SMILES string of the molecule is CCO[C@@H]1CN(C(=O)CC2Cc3ccccc3C2)C[C@H]1O. The highest BCUT2D eigenvalue weighted by Crippen LogP contribution is 2.29. The summed E-state index contributed by atoms with van der Waals surface area (Å²) in [6.07, 6.45) is 1.79. The largest absolute Gasteiger partial charge is 0.388 e. The van der Waals surface area contributed by atoms with Crippen molar-refractivity contribution in [1.82, 2.24) is 4.90 Å². The van der Waals surface area contributed by atoms with Gasteiger partial charge in [-0.2, -0.15) is 0 Å². The van der Waals surface area contributed by atoms with E-state index in [4.69, 9.17) is 4.74 Å². The Balaban J connectivity index is 1.54. The molecule has 1 N–H and O–H groups in total. The summed E-state index contributed by atoms with van der Waals surface area (Å²) >= 11 is 0. The minimum atomic E-state index is -0.547. The summed E-state index contributed by atoms with van der Waals surface area (Å²) in [7, 11) is 0. The number of hydrogen-bond acceptors (Lipinski definition) is 3. The molecule has 2 atom stereocenters. The normalized spacial score (nSPS) is 25.3. The van der Waals surface area contributed by atoms with E-state index in [2.05, 4.69) is 24.3 Å². The third-order valence-corrected chi connectivity index (χ3v) is 4.57. The topological polar surface area (TPSA) is 49.8 Å². The Bertz CT molecular complexity index is 492. The number of likely N-dealkylation sites (tertiary alicyclic amines) is 1. The van der Waals surface area contributed by atoms with Gasteiger partial charge in [-0.3, -0.25) is 4.79 Å². The number of fused-ring (bicyclic) bond motifs is 1. The zero-order valence-electron chi connectivity index (χ0n) is 12.5. The molecule has 1 fully saturated rings. The lowest BCUT2D eigenvalue weighted by Gasteiger charge is -2.18. The molecule has 0 radical (unpaired) electrons. The summed E-state index contributed by atoms with van der Waals surface area (Å²) in [5.41, 5.74) is 2.76. The van der Waals surface area contributed by atoms with Crippen molar-refractivity contribution in [2.45, 2.75) is 38.4 Å². The average Bonchev–Trinajstić information content (AvgIpc) is 3.03. The first-order valence-electron chi connectivity index (χ1n) is 7.81. The van der Waals surface area contributed by atoms with Crippen LogP contribution in [0.3, 0.4) is 0 Å². The number of aliphatic hydroxyl groups is 1. The highest BCUT2D eigenvalue weighted by atomic mass is 16.5. The Labute approximate surface area is 125 Å². The Morgan fingerprint density at radius 3 is 2.57 bits per heavy atom. The smallest absolute Gasteiger partial charge is 0.223 e. The van der Waals surface area contributed by atoms with E-state index in [1.807, 2.05) is 6.92 Å². The molecular formula is C17H23NO3. The van der Waals surface area contributed by atoms with Crippen LogP contribution in [0.1, 0.15) is 24.5 Å². The fraction of sp³-hybridized carbons (Fsp3) is 0.588. The number of amides is 1. The van der Waals surface area contributed by atoms with Gasteiger partial charge in [-0.15, -0.1) is 0 Å². The molecule has 0 aromatic heterocycles. The molecule has 1 aromatic carbocycles. The molecule has 2 aliphatic rings. The van der Waals surface area contributed by atoms with Crippen LogP contribution in [-0.4, -0.2) is 47.8 Å². The summed E-state index contributed by atoms with van der Waals surface area (Å²) in [5, 5.41) is 9.92. The van der Waals surface area contributed by atoms with Crippen molar-refractivity contribution in [3.63, 3.8) is 0 Å². The summed E-state index contributed by atoms with van der Waals surface area (Å²) in [5.74, 6) is 0.548. The van der Waals surface area contributed by atoms with Crippen molar-refractivity contribution >= 4 is 5.91 Å². The van der Waals surface area contributed by atoms with Gasteiger partial charge in [0.1, 0.15) is 6.10 Å². The highest BCUT2D eigenvalue weighted by molar-refractivity contribution is 5.77. The van der Waals surface area contributed by atoms with Crippen molar-refractivity contribution in [3.05, 3.63) is 35.4 Å². The van der Waals surface area contributed by atoms with E-state index in [0.717, 1.165) is 12.8 Å². The van der Waals surface area contributed by atoms with Crippen molar-refractivity contribution in [2.24, 2.45) is 5.92 Å². The Morgan fingerprint density at radius 2 is 1.95 bits per heavy atom. The number of carbonyl (C=O) groups is 1. The van der Waals surface area contributed by atoms with Crippen molar-refractivity contribution < 1.29 is 14.6 Å². The van der Waals surface area contributed by atoms with Crippen LogP contribution in [-0.2, 0) is 22.4 Å². The maximum atomic E-state index is 12.4. The van der Waals surface area contributed by atoms with Crippen LogP contribution in [0, 0.1) is 5.92 Å². The Kier molecular flexibility index (Phi) is 4.27. The first kappa shape index (κ1) is 14.5. The molecule has 1 heterocycles. The van der Waals surface area contributed by atoms with Gasteiger partial charge in [-0.1, -0.05) is 24.3 Å². The molecule has 1 aliphatic heterocycles. The number of nitrogens with zero attached hydrogens (tertiary/aromatic N) is 1. The zero-order chi connectivity index (χ0) is 14.8. The second-order valence-electron chi connectivity index (χ2n) is 6.11. The number of β-amino-alcohol motifs (C(OH)–C–C–N with tert-alkyl or cyclic N) is 1. The van der Waals surface area contributed by atoms with Gasteiger partial charge in [0.15, 0.2) is 0 Å². The number of rotatable bonds is 4. The number of aliphatic hydroxyl groups excluding tert-OH is 1. The highest BCUT2D eigenvalue weighted by Gasteiger charge is 2.35. The quantitative estimate of drug-likeness (QED) is 0.911. The standard InChI is InChI=1S/C17H23NO3/c1-2-21-16-11-18(10-15(16)19)17(20)9-12-7-13-5-3-4-6-14(13)8-12/h3-6,12,15-16,19H,2,7-11H2,1H3/t15-,16-/m1/s1. The second kappa shape index (κ2) is 6.16. The second-order valence-corrected chi connectivity index (χ2v) is 6.11. The molecule has 0 unspecified atom stereocenters. The van der Waals surface area contributed by atoms with E-state index in [-0.39, 0.29) is 12.0 Å². The molecule has 1 saturated heterocycles. The lowest BCUT2D eigenvalue weighted by atomic mass is 10.0. The molecule has 21 heavy (non-hydrogen) atoms. The molecule has 114 valence electrons. The molecule has 4 heteroatoms. The third kappa shape index (κ3) is 3.11. The van der Waals surface area contributed by atoms with E-state index >= 15 is 0 Å². The average molecular weight is 289 g/mol.